The second-order valence-electron chi connectivity index (χ2n) is 6.38. The number of hydrogen-bond donors (Lipinski definition) is 1. The largest absolute Gasteiger partial charge is 0.404 e. The van der Waals surface area contributed by atoms with E-state index in [1.165, 1.54) is 4.90 Å². The highest BCUT2D eigenvalue weighted by Crippen LogP contribution is 2.44. The lowest BCUT2D eigenvalue weighted by Crippen LogP contribution is -2.53. The van der Waals surface area contributed by atoms with Gasteiger partial charge in [-0.25, -0.2) is 0 Å². The molecule has 2 atom stereocenters. The van der Waals surface area contributed by atoms with Gasteiger partial charge in [-0.2, -0.15) is 13.2 Å². The Labute approximate surface area is 124 Å². The molecule has 1 amide bonds. The van der Waals surface area contributed by atoms with Crippen LogP contribution < -0.4 is 5.32 Å². The second-order valence-corrected chi connectivity index (χ2v) is 6.38. The van der Waals surface area contributed by atoms with Gasteiger partial charge in [0.25, 0.3) is 0 Å². The van der Waals surface area contributed by atoms with Gasteiger partial charge in [0.15, 0.2) is 5.41 Å². The van der Waals surface area contributed by atoms with Gasteiger partial charge in [0, 0.05) is 19.6 Å². The number of hydrogen-bond acceptors (Lipinski definition) is 2. The lowest BCUT2D eigenvalue weighted by Gasteiger charge is -2.34. The van der Waals surface area contributed by atoms with E-state index in [0.717, 1.165) is 32.1 Å². The lowest BCUT2D eigenvalue weighted by molar-refractivity contribution is -0.221. The zero-order chi connectivity index (χ0) is 15.5. The minimum atomic E-state index is -4.47. The highest BCUT2D eigenvalue weighted by Gasteiger charge is 2.62. The topological polar surface area (TPSA) is 32.3 Å². The number of likely N-dealkylation sites (tertiary alicyclic amines) is 1. The molecule has 3 nitrogen and oxygen atoms in total. The Balaban J connectivity index is 2.08. The van der Waals surface area contributed by atoms with Crippen molar-refractivity contribution in [2.45, 2.75) is 51.6 Å². The van der Waals surface area contributed by atoms with Gasteiger partial charge in [0.2, 0.25) is 5.91 Å². The van der Waals surface area contributed by atoms with Crippen LogP contribution in [0.5, 0.6) is 0 Å². The smallest absolute Gasteiger partial charge is 0.342 e. The minimum absolute atomic E-state index is 0.135. The van der Waals surface area contributed by atoms with Crippen molar-refractivity contribution in [3.8, 4) is 0 Å². The molecule has 2 heterocycles. The molecular weight excluding hydrogens is 281 g/mol. The first-order valence-electron chi connectivity index (χ1n) is 7.97. The predicted molar refractivity (Wildman–Crippen MR) is 74.8 cm³/mol. The van der Waals surface area contributed by atoms with Gasteiger partial charge < -0.3 is 10.2 Å². The highest BCUT2D eigenvalue weighted by atomic mass is 19.4. The van der Waals surface area contributed by atoms with Crippen LogP contribution in [0.4, 0.5) is 13.2 Å². The summed E-state index contributed by atoms with van der Waals surface area (Å²) in [6.45, 7) is 3.05. The molecule has 21 heavy (non-hydrogen) atoms. The predicted octanol–water partition coefficient (Wildman–Crippen LogP) is 2.96. The van der Waals surface area contributed by atoms with Crippen molar-refractivity contribution in [1.29, 1.82) is 0 Å². The molecule has 0 saturated carbocycles. The molecule has 2 aliphatic rings. The lowest BCUT2D eigenvalue weighted by atomic mass is 9.84. The van der Waals surface area contributed by atoms with E-state index in [4.69, 9.17) is 0 Å². The molecule has 122 valence electrons. The fraction of sp³-hybridized carbons (Fsp3) is 0.933. The summed E-state index contributed by atoms with van der Waals surface area (Å²) >= 11 is 0. The molecule has 0 bridgehead atoms. The molecule has 0 aliphatic carbocycles. The van der Waals surface area contributed by atoms with Gasteiger partial charge >= 0.3 is 6.18 Å². The summed E-state index contributed by atoms with van der Waals surface area (Å²) in [6.07, 6.45) is 0.267. The molecule has 2 unspecified atom stereocenters. The van der Waals surface area contributed by atoms with Crippen LogP contribution in [0.3, 0.4) is 0 Å². The van der Waals surface area contributed by atoms with Gasteiger partial charge in [0.05, 0.1) is 0 Å². The fourth-order valence-corrected chi connectivity index (χ4v) is 3.61. The number of halogens is 3. The summed E-state index contributed by atoms with van der Waals surface area (Å²) in [6, 6.07) is 0. The van der Waals surface area contributed by atoms with Crippen molar-refractivity contribution in [3.63, 3.8) is 0 Å². The van der Waals surface area contributed by atoms with Crippen LogP contribution in [0.1, 0.15) is 45.4 Å². The first kappa shape index (κ1) is 16.6. The quantitative estimate of drug-likeness (QED) is 0.869. The van der Waals surface area contributed by atoms with Gasteiger partial charge in [-0.3, -0.25) is 4.79 Å². The number of nitrogens with zero attached hydrogens (tertiary/aromatic N) is 1. The van der Waals surface area contributed by atoms with Crippen molar-refractivity contribution < 1.29 is 18.0 Å². The first-order chi connectivity index (χ1) is 9.90. The van der Waals surface area contributed by atoms with Crippen molar-refractivity contribution >= 4 is 5.91 Å². The monoisotopic (exact) mass is 306 g/mol. The van der Waals surface area contributed by atoms with Crippen molar-refractivity contribution in [3.05, 3.63) is 0 Å². The SMILES string of the molecule is CCCC1CCCN(C(=O)C2(C(F)(F)F)CCNC2)CC1. The number of rotatable bonds is 3. The van der Waals surface area contributed by atoms with E-state index < -0.39 is 17.5 Å². The Morgan fingerprint density at radius 3 is 2.67 bits per heavy atom. The molecule has 2 fully saturated rings. The summed E-state index contributed by atoms with van der Waals surface area (Å²) in [4.78, 5) is 14.0. The number of carbonyl (C=O) groups is 1. The van der Waals surface area contributed by atoms with Crippen LogP contribution in [0.25, 0.3) is 0 Å². The van der Waals surface area contributed by atoms with Crippen LogP contribution in [-0.2, 0) is 4.79 Å². The summed E-state index contributed by atoms with van der Waals surface area (Å²) < 4.78 is 40.3. The Hall–Kier alpha value is -0.780. The van der Waals surface area contributed by atoms with E-state index in [9.17, 15) is 18.0 Å². The molecule has 0 aromatic rings. The Bertz CT molecular complexity index is 364. The van der Waals surface area contributed by atoms with E-state index >= 15 is 0 Å². The van der Waals surface area contributed by atoms with Gasteiger partial charge in [-0.15, -0.1) is 0 Å². The normalized spacial score (nSPS) is 31.2. The number of alkyl halides is 3. The average Bonchev–Trinajstić information content (AvgIpc) is 2.81. The third kappa shape index (κ3) is 3.35. The van der Waals surface area contributed by atoms with Gasteiger partial charge in [-0.1, -0.05) is 19.8 Å². The fourth-order valence-electron chi connectivity index (χ4n) is 3.61. The molecule has 2 rings (SSSR count). The number of carbonyl (C=O) groups excluding carboxylic acids is 1. The summed E-state index contributed by atoms with van der Waals surface area (Å²) in [7, 11) is 0. The molecule has 2 aliphatic heterocycles. The van der Waals surface area contributed by atoms with Crippen molar-refractivity contribution in [1.82, 2.24) is 10.2 Å². The van der Waals surface area contributed by atoms with Crippen LogP contribution >= 0.6 is 0 Å². The first-order valence-corrected chi connectivity index (χ1v) is 7.97. The molecule has 2 saturated heterocycles. The van der Waals surface area contributed by atoms with E-state index in [0.29, 0.717) is 19.0 Å². The molecule has 6 heteroatoms. The van der Waals surface area contributed by atoms with Gasteiger partial charge in [-0.05, 0) is 38.1 Å². The maximum absolute atomic E-state index is 13.4. The molecule has 1 N–H and O–H groups in total. The molecule has 0 radical (unpaired) electrons. The summed E-state index contributed by atoms with van der Waals surface area (Å²) in [5.41, 5.74) is -2.20. The zero-order valence-corrected chi connectivity index (χ0v) is 12.6. The third-order valence-corrected chi connectivity index (χ3v) is 4.94. The van der Waals surface area contributed by atoms with Crippen LogP contribution in [0.2, 0.25) is 0 Å². The molecule has 0 aromatic heterocycles. The average molecular weight is 306 g/mol. The minimum Gasteiger partial charge on any atom is -0.342 e. The van der Waals surface area contributed by atoms with Crippen molar-refractivity contribution in [2.75, 3.05) is 26.2 Å². The standard InChI is InChI=1S/C15H25F3N2O/c1-2-4-12-5-3-9-20(10-6-12)13(21)14(15(16,17)18)7-8-19-11-14/h12,19H,2-11H2,1H3. The molecule has 0 spiro atoms. The van der Waals surface area contributed by atoms with Crippen LogP contribution in [0, 0.1) is 11.3 Å². The maximum Gasteiger partial charge on any atom is 0.404 e. The number of nitrogens with one attached hydrogen (secondary N) is 1. The van der Waals surface area contributed by atoms with Crippen LogP contribution in [-0.4, -0.2) is 43.2 Å². The zero-order valence-electron chi connectivity index (χ0n) is 12.6. The Kier molecular flexibility index (Phi) is 5.17. The maximum atomic E-state index is 13.4. The number of amides is 1. The van der Waals surface area contributed by atoms with Crippen molar-refractivity contribution in [2.24, 2.45) is 11.3 Å². The summed E-state index contributed by atoms with van der Waals surface area (Å²) in [5.74, 6) is -0.159. The van der Waals surface area contributed by atoms with E-state index in [-0.39, 0.29) is 19.5 Å². The highest BCUT2D eigenvalue weighted by molar-refractivity contribution is 5.84. The van der Waals surface area contributed by atoms with E-state index in [1.807, 2.05) is 0 Å². The Morgan fingerprint density at radius 2 is 2.10 bits per heavy atom. The molecular formula is C15H25F3N2O. The van der Waals surface area contributed by atoms with E-state index in [2.05, 4.69) is 12.2 Å². The summed E-state index contributed by atoms with van der Waals surface area (Å²) in [5, 5.41) is 2.72. The van der Waals surface area contributed by atoms with Gasteiger partial charge in [0.1, 0.15) is 0 Å². The second kappa shape index (κ2) is 6.55. The third-order valence-electron chi connectivity index (χ3n) is 4.94. The molecule has 0 aromatic carbocycles. The van der Waals surface area contributed by atoms with Crippen LogP contribution in [0.15, 0.2) is 0 Å². The Morgan fingerprint density at radius 1 is 1.33 bits per heavy atom. The van der Waals surface area contributed by atoms with E-state index in [1.54, 1.807) is 0 Å².